The zero-order valence-corrected chi connectivity index (χ0v) is 13.0. The molecule has 3 aliphatic carbocycles. The Morgan fingerprint density at radius 2 is 1.67 bits per heavy atom. The van der Waals surface area contributed by atoms with Gasteiger partial charge in [-0.05, 0) is 54.3 Å². The molecule has 1 N–H and O–H groups in total. The fourth-order valence-corrected chi connectivity index (χ4v) is 5.55. The standard InChI is InChI=1S/C17H31N/c1-15(2)9-6-7-13(15)18-14-16(3,4)12-8-10-17(14,5)11-12/h12-14,18H,6-11H2,1-5H3. The van der Waals surface area contributed by atoms with E-state index in [0.29, 0.717) is 16.2 Å². The molecule has 3 saturated carbocycles. The first-order valence-electron chi connectivity index (χ1n) is 8.02. The number of hydrogen-bond acceptors (Lipinski definition) is 1. The van der Waals surface area contributed by atoms with Gasteiger partial charge in [-0.15, -0.1) is 0 Å². The minimum atomic E-state index is 0.506. The Labute approximate surface area is 113 Å². The van der Waals surface area contributed by atoms with Crippen LogP contribution in [0.3, 0.4) is 0 Å². The maximum Gasteiger partial charge on any atom is 0.0178 e. The summed E-state index contributed by atoms with van der Waals surface area (Å²) in [6.45, 7) is 12.5. The van der Waals surface area contributed by atoms with Crippen LogP contribution in [-0.2, 0) is 0 Å². The summed E-state index contributed by atoms with van der Waals surface area (Å²) >= 11 is 0. The topological polar surface area (TPSA) is 12.0 Å². The normalized spacial score (nSPS) is 48.8. The Bertz CT molecular complexity index is 339. The molecule has 4 atom stereocenters. The summed E-state index contributed by atoms with van der Waals surface area (Å²) in [7, 11) is 0. The largest absolute Gasteiger partial charge is 0.310 e. The summed E-state index contributed by atoms with van der Waals surface area (Å²) in [6, 6.07) is 1.49. The van der Waals surface area contributed by atoms with E-state index < -0.39 is 0 Å². The van der Waals surface area contributed by atoms with Crippen molar-refractivity contribution in [3.8, 4) is 0 Å². The van der Waals surface area contributed by atoms with E-state index in [1.165, 1.54) is 38.5 Å². The number of fused-ring (bicyclic) bond motifs is 2. The van der Waals surface area contributed by atoms with Crippen molar-refractivity contribution in [2.75, 3.05) is 0 Å². The Morgan fingerprint density at radius 3 is 2.17 bits per heavy atom. The lowest BCUT2D eigenvalue weighted by molar-refractivity contribution is 0.0829. The van der Waals surface area contributed by atoms with Gasteiger partial charge in [0.25, 0.3) is 0 Å². The van der Waals surface area contributed by atoms with Crippen LogP contribution in [0.2, 0.25) is 0 Å². The van der Waals surface area contributed by atoms with E-state index in [0.717, 1.165) is 18.0 Å². The lowest BCUT2D eigenvalue weighted by atomic mass is 9.67. The third-order valence-electron chi connectivity index (χ3n) is 6.89. The molecular weight excluding hydrogens is 218 g/mol. The molecular formula is C17H31N. The van der Waals surface area contributed by atoms with E-state index >= 15 is 0 Å². The SMILES string of the molecule is CC1(C)CCCC1NC1C2(C)CCC(C2)C1(C)C. The third kappa shape index (κ3) is 1.69. The minimum absolute atomic E-state index is 0.506. The van der Waals surface area contributed by atoms with Crippen LogP contribution in [0, 0.1) is 22.2 Å². The van der Waals surface area contributed by atoms with Gasteiger partial charge in [-0.1, -0.05) is 41.0 Å². The molecule has 0 aromatic heterocycles. The van der Waals surface area contributed by atoms with Gasteiger partial charge in [-0.3, -0.25) is 0 Å². The molecule has 3 fully saturated rings. The van der Waals surface area contributed by atoms with Crippen LogP contribution in [0.5, 0.6) is 0 Å². The van der Waals surface area contributed by atoms with Gasteiger partial charge in [0.05, 0.1) is 0 Å². The first-order chi connectivity index (χ1) is 8.26. The molecule has 18 heavy (non-hydrogen) atoms. The van der Waals surface area contributed by atoms with Gasteiger partial charge < -0.3 is 5.32 Å². The quantitative estimate of drug-likeness (QED) is 0.766. The highest BCUT2D eigenvalue weighted by Gasteiger charge is 2.60. The van der Waals surface area contributed by atoms with Gasteiger partial charge in [-0.2, -0.15) is 0 Å². The van der Waals surface area contributed by atoms with Crippen LogP contribution < -0.4 is 5.32 Å². The van der Waals surface area contributed by atoms with Crippen molar-refractivity contribution in [3.63, 3.8) is 0 Å². The van der Waals surface area contributed by atoms with Gasteiger partial charge >= 0.3 is 0 Å². The van der Waals surface area contributed by atoms with Crippen molar-refractivity contribution in [2.24, 2.45) is 22.2 Å². The molecule has 3 rings (SSSR count). The third-order valence-corrected chi connectivity index (χ3v) is 6.89. The van der Waals surface area contributed by atoms with Crippen LogP contribution in [0.15, 0.2) is 0 Å². The molecule has 0 amide bonds. The van der Waals surface area contributed by atoms with Crippen LogP contribution in [0.1, 0.15) is 73.1 Å². The van der Waals surface area contributed by atoms with Gasteiger partial charge in [0.1, 0.15) is 0 Å². The predicted molar refractivity (Wildman–Crippen MR) is 77.6 cm³/mol. The lowest BCUT2D eigenvalue weighted by Crippen LogP contribution is -2.55. The van der Waals surface area contributed by atoms with Crippen LogP contribution in [0.25, 0.3) is 0 Å². The van der Waals surface area contributed by atoms with Crippen molar-refractivity contribution < 1.29 is 0 Å². The molecule has 0 saturated heterocycles. The van der Waals surface area contributed by atoms with Crippen molar-refractivity contribution in [1.29, 1.82) is 0 Å². The zero-order valence-electron chi connectivity index (χ0n) is 13.0. The monoisotopic (exact) mass is 249 g/mol. The van der Waals surface area contributed by atoms with Crippen LogP contribution in [-0.4, -0.2) is 12.1 Å². The summed E-state index contributed by atoms with van der Waals surface area (Å²) in [5.41, 5.74) is 1.59. The summed E-state index contributed by atoms with van der Waals surface area (Å²) < 4.78 is 0. The predicted octanol–water partition coefficient (Wildman–Crippen LogP) is 4.37. The molecule has 104 valence electrons. The van der Waals surface area contributed by atoms with Gasteiger partial charge in [-0.25, -0.2) is 0 Å². The second-order valence-electron chi connectivity index (χ2n) is 8.95. The Hall–Kier alpha value is -0.0400. The molecule has 3 aliphatic rings. The number of nitrogens with one attached hydrogen (secondary N) is 1. The van der Waals surface area contributed by atoms with Crippen LogP contribution >= 0.6 is 0 Å². The Morgan fingerprint density at radius 1 is 0.944 bits per heavy atom. The van der Waals surface area contributed by atoms with Crippen molar-refractivity contribution >= 4 is 0 Å². The van der Waals surface area contributed by atoms with Crippen molar-refractivity contribution in [1.82, 2.24) is 5.32 Å². The van der Waals surface area contributed by atoms with Crippen molar-refractivity contribution in [3.05, 3.63) is 0 Å². The maximum absolute atomic E-state index is 4.13. The average Bonchev–Trinajstić information content (AvgIpc) is 2.83. The molecule has 1 heteroatoms. The first-order valence-corrected chi connectivity index (χ1v) is 8.02. The first kappa shape index (κ1) is 13.0. The number of rotatable bonds is 2. The maximum atomic E-state index is 4.13. The molecule has 2 bridgehead atoms. The molecule has 0 radical (unpaired) electrons. The van der Waals surface area contributed by atoms with E-state index in [-0.39, 0.29) is 0 Å². The van der Waals surface area contributed by atoms with E-state index in [1.54, 1.807) is 0 Å². The molecule has 1 nitrogen and oxygen atoms in total. The molecule has 0 aromatic carbocycles. The van der Waals surface area contributed by atoms with Gasteiger partial charge in [0, 0.05) is 12.1 Å². The van der Waals surface area contributed by atoms with E-state index in [9.17, 15) is 0 Å². The highest BCUT2D eigenvalue weighted by Crippen LogP contribution is 2.62. The number of hydrogen-bond donors (Lipinski definition) is 1. The fourth-order valence-electron chi connectivity index (χ4n) is 5.55. The lowest BCUT2D eigenvalue weighted by Gasteiger charge is -2.46. The highest BCUT2D eigenvalue weighted by molar-refractivity contribution is 5.13. The Kier molecular flexibility index (Phi) is 2.70. The van der Waals surface area contributed by atoms with E-state index in [2.05, 4.69) is 39.9 Å². The highest BCUT2D eigenvalue weighted by atomic mass is 15.0. The summed E-state index contributed by atoms with van der Waals surface area (Å²) in [5, 5.41) is 4.13. The Balaban J connectivity index is 1.80. The second kappa shape index (κ2) is 3.75. The summed E-state index contributed by atoms with van der Waals surface area (Å²) in [4.78, 5) is 0. The van der Waals surface area contributed by atoms with E-state index in [1.807, 2.05) is 0 Å². The molecule has 0 aromatic rings. The average molecular weight is 249 g/mol. The molecule has 4 unspecified atom stereocenters. The smallest absolute Gasteiger partial charge is 0.0178 e. The minimum Gasteiger partial charge on any atom is -0.310 e. The fraction of sp³-hybridized carbons (Fsp3) is 1.00. The summed E-state index contributed by atoms with van der Waals surface area (Å²) in [6.07, 6.45) is 8.59. The molecule has 0 heterocycles. The zero-order chi connectivity index (χ0) is 13.2. The molecule has 0 spiro atoms. The molecule has 0 aliphatic heterocycles. The van der Waals surface area contributed by atoms with E-state index in [4.69, 9.17) is 0 Å². The second-order valence-corrected chi connectivity index (χ2v) is 8.95. The summed E-state index contributed by atoms with van der Waals surface area (Å²) in [5.74, 6) is 0.963. The van der Waals surface area contributed by atoms with Gasteiger partial charge in [0.15, 0.2) is 0 Å². The van der Waals surface area contributed by atoms with Gasteiger partial charge in [0.2, 0.25) is 0 Å². The van der Waals surface area contributed by atoms with Crippen LogP contribution in [0.4, 0.5) is 0 Å². The van der Waals surface area contributed by atoms with Crippen molar-refractivity contribution in [2.45, 2.75) is 85.2 Å².